The number of carbonyl (C=O) groups excluding carboxylic acids is 1. The van der Waals surface area contributed by atoms with E-state index in [0.717, 1.165) is 61.3 Å². The lowest BCUT2D eigenvalue weighted by molar-refractivity contribution is 0.123. The van der Waals surface area contributed by atoms with Gasteiger partial charge in [0.25, 0.3) is 0 Å². The van der Waals surface area contributed by atoms with Crippen molar-refractivity contribution in [2.45, 2.75) is 31.6 Å². The second-order valence-corrected chi connectivity index (χ2v) is 7.83. The van der Waals surface area contributed by atoms with Crippen molar-refractivity contribution >= 4 is 22.7 Å². The maximum atomic E-state index is 13.1. The molecule has 2 aliphatic heterocycles. The number of urea groups is 1. The summed E-state index contributed by atoms with van der Waals surface area (Å²) in [5.74, 6) is 1.15. The second kappa shape index (κ2) is 6.82. The highest BCUT2D eigenvalue weighted by molar-refractivity contribution is 5.76. The summed E-state index contributed by atoms with van der Waals surface area (Å²) in [6, 6.07) is 4.41. The van der Waals surface area contributed by atoms with Crippen LogP contribution >= 0.6 is 0 Å². The van der Waals surface area contributed by atoms with E-state index in [2.05, 4.69) is 20.4 Å². The minimum atomic E-state index is -0.0381. The molecule has 2 atom stereocenters. The summed E-state index contributed by atoms with van der Waals surface area (Å²) in [5.41, 5.74) is 2.83. The number of hydrogen-bond donors (Lipinski definition) is 1. The summed E-state index contributed by atoms with van der Waals surface area (Å²) >= 11 is 0. The Labute approximate surface area is 162 Å². The Kier molecular flexibility index (Phi) is 4.15. The minimum Gasteiger partial charge on any atom is -0.345 e. The number of aromatic amines is 1. The van der Waals surface area contributed by atoms with Crippen LogP contribution in [0, 0.1) is 17.2 Å². The van der Waals surface area contributed by atoms with E-state index in [-0.39, 0.29) is 17.9 Å². The predicted molar refractivity (Wildman–Crippen MR) is 104 cm³/mol. The highest BCUT2D eigenvalue weighted by Crippen LogP contribution is 2.29. The van der Waals surface area contributed by atoms with Crippen molar-refractivity contribution in [2.75, 3.05) is 26.2 Å². The van der Waals surface area contributed by atoms with Gasteiger partial charge in [-0.1, -0.05) is 0 Å². The Morgan fingerprint density at radius 2 is 1.93 bits per heavy atom. The molecule has 2 fully saturated rings. The fraction of sp³-hybridized carbons (Fsp3) is 0.500. The highest BCUT2D eigenvalue weighted by atomic mass is 16.2. The van der Waals surface area contributed by atoms with E-state index in [4.69, 9.17) is 4.98 Å². The zero-order valence-corrected chi connectivity index (χ0v) is 15.7. The number of piperidine rings is 2. The smallest absolute Gasteiger partial charge is 0.320 e. The van der Waals surface area contributed by atoms with Crippen molar-refractivity contribution in [1.82, 2.24) is 29.2 Å². The molecule has 0 aliphatic carbocycles. The SMILES string of the molecule is N#CC1CCCN(C(=O)N2CCC[C@@H](c3ncc4cnc5[nH]ccc5n34)C2)C1. The van der Waals surface area contributed by atoms with E-state index < -0.39 is 0 Å². The molecule has 0 aromatic carbocycles. The number of H-pyrrole nitrogens is 1. The number of likely N-dealkylation sites (tertiary alicyclic amines) is 2. The number of hydrogen-bond acceptors (Lipinski definition) is 4. The summed E-state index contributed by atoms with van der Waals surface area (Å²) in [6.07, 6.45) is 9.35. The molecule has 2 aliphatic rings. The topological polar surface area (TPSA) is 93.3 Å². The number of amides is 2. The van der Waals surface area contributed by atoms with Crippen LogP contribution in [-0.4, -0.2) is 61.4 Å². The number of imidazole rings is 1. The van der Waals surface area contributed by atoms with Crippen LogP contribution in [0.3, 0.4) is 0 Å². The summed E-state index contributed by atoms with van der Waals surface area (Å²) in [6.45, 7) is 2.74. The van der Waals surface area contributed by atoms with E-state index >= 15 is 0 Å². The molecule has 8 nitrogen and oxygen atoms in total. The molecular weight excluding hydrogens is 354 g/mol. The minimum absolute atomic E-state index is 0.0381. The first-order chi connectivity index (χ1) is 13.7. The first kappa shape index (κ1) is 17.0. The summed E-state index contributed by atoms with van der Waals surface area (Å²) < 4.78 is 2.16. The van der Waals surface area contributed by atoms with Crippen molar-refractivity contribution in [3.05, 3.63) is 30.5 Å². The number of nitrogens with one attached hydrogen (secondary N) is 1. The molecule has 1 N–H and O–H groups in total. The van der Waals surface area contributed by atoms with Gasteiger partial charge in [-0.25, -0.2) is 14.8 Å². The maximum absolute atomic E-state index is 13.1. The van der Waals surface area contributed by atoms with E-state index in [1.165, 1.54) is 0 Å². The third kappa shape index (κ3) is 2.78. The second-order valence-electron chi connectivity index (χ2n) is 7.83. The number of nitriles is 1. The van der Waals surface area contributed by atoms with Gasteiger partial charge in [0, 0.05) is 38.3 Å². The quantitative estimate of drug-likeness (QED) is 0.706. The van der Waals surface area contributed by atoms with E-state index in [1.54, 1.807) is 0 Å². The van der Waals surface area contributed by atoms with Gasteiger partial charge in [-0.05, 0) is 31.7 Å². The van der Waals surface area contributed by atoms with E-state index in [1.807, 2.05) is 34.5 Å². The molecule has 0 bridgehead atoms. The molecule has 0 spiro atoms. The maximum Gasteiger partial charge on any atom is 0.320 e. The lowest BCUT2D eigenvalue weighted by Gasteiger charge is -2.38. The molecule has 3 aromatic heterocycles. The molecule has 5 rings (SSSR count). The van der Waals surface area contributed by atoms with Gasteiger partial charge in [0.1, 0.15) is 5.82 Å². The fourth-order valence-electron chi connectivity index (χ4n) is 4.61. The standard InChI is InChI=1S/C20H23N7O/c21-9-14-3-1-7-25(12-14)20(28)26-8-2-4-15(13-26)19-24-11-16-10-23-18-17(27(16)19)5-6-22-18/h5-6,10-11,14-15,22H,1-4,7-8,12-13H2/t14?,15-/m1/s1. The predicted octanol–water partition coefficient (Wildman–Crippen LogP) is 2.75. The molecule has 2 saturated heterocycles. The van der Waals surface area contributed by atoms with Crippen LogP contribution < -0.4 is 0 Å². The van der Waals surface area contributed by atoms with Crippen LogP contribution in [0.1, 0.15) is 37.4 Å². The number of fused-ring (bicyclic) bond motifs is 3. The molecule has 144 valence electrons. The average molecular weight is 377 g/mol. The molecule has 3 aromatic rings. The summed E-state index contributed by atoms with van der Waals surface area (Å²) in [4.78, 5) is 29.2. The van der Waals surface area contributed by atoms with Crippen molar-refractivity contribution in [2.24, 2.45) is 5.92 Å². The van der Waals surface area contributed by atoms with Gasteiger partial charge in [0.05, 0.1) is 35.4 Å². The molecule has 0 saturated carbocycles. The zero-order chi connectivity index (χ0) is 19.1. The summed E-state index contributed by atoms with van der Waals surface area (Å²) in [7, 11) is 0. The van der Waals surface area contributed by atoms with Gasteiger partial charge >= 0.3 is 6.03 Å². The third-order valence-corrected chi connectivity index (χ3v) is 6.02. The van der Waals surface area contributed by atoms with Crippen molar-refractivity contribution in [3.8, 4) is 6.07 Å². The van der Waals surface area contributed by atoms with Gasteiger partial charge in [0.15, 0.2) is 5.65 Å². The van der Waals surface area contributed by atoms with Crippen LogP contribution in [0.2, 0.25) is 0 Å². The molecule has 1 unspecified atom stereocenters. The Morgan fingerprint density at radius 3 is 2.79 bits per heavy atom. The Balaban J connectivity index is 1.40. The van der Waals surface area contributed by atoms with Gasteiger partial charge in [-0.3, -0.25) is 4.40 Å². The number of aromatic nitrogens is 4. The third-order valence-electron chi connectivity index (χ3n) is 6.02. The van der Waals surface area contributed by atoms with E-state index in [0.29, 0.717) is 13.1 Å². The first-order valence-electron chi connectivity index (χ1n) is 9.97. The van der Waals surface area contributed by atoms with Crippen molar-refractivity contribution in [3.63, 3.8) is 0 Å². The summed E-state index contributed by atoms with van der Waals surface area (Å²) in [5, 5.41) is 9.22. The average Bonchev–Trinajstić information content (AvgIpc) is 3.39. The normalized spacial score (nSPS) is 23.2. The first-order valence-corrected chi connectivity index (χ1v) is 9.97. The number of rotatable bonds is 1. The molecule has 28 heavy (non-hydrogen) atoms. The number of carbonyl (C=O) groups is 1. The van der Waals surface area contributed by atoms with Gasteiger partial charge in [-0.15, -0.1) is 0 Å². The largest absolute Gasteiger partial charge is 0.345 e. The molecule has 2 amide bonds. The molecular formula is C20H23N7O. The van der Waals surface area contributed by atoms with Gasteiger partial charge in [0.2, 0.25) is 0 Å². The van der Waals surface area contributed by atoms with Crippen LogP contribution in [0.15, 0.2) is 24.7 Å². The van der Waals surface area contributed by atoms with Crippen LogP contribution in [0.25, 0.3) is 16.7 Å². The highest BCUT2D eigenvalue weighted by Gasteiger charge is 2.32. The number of nitrogens with zero attached hydrogens (tertiary/aromatic N) is 6. The zero-order valence-electron chi connectivity index (χ0n) is 15.7. The molecule has 5 heterocycles. The van der Waals surface area contributed by atoms with E-state index in [9.17, 15) is 10.1 Å². The van der Waals surface area contributed by atoms with Crippen molar-refractivity contribution in [1.29, 1.82) is 5.26 Å². The fourth-order valence-corrected chi connectivity index (χ4v) is 4.61. The van der Waals surface area contributed by atoms with Gasteiger partial charge < -0.3 is 14.8 Å². The van der Waals surface area contributed by atoms with Gasteiger partial charge in [-0.2, -0.15) is 5.26 Å². The lowest BCUT2D eigenvalue weighted by Crippen LogP contribution is -2.50. The Morgan fingerprint density at radius 1 is 1.14 bits per heavy atom. The molecule has 8 heteroatoms. The van der Waals surface area contributed by atoms with Crippen LogP contribution in [-0.2, 0) is 0 Å². The molecule has 0 radical (unpaired) electrons. The monoisotopic (exact) mass is 377 g/mol. The van der Waals surface area contributed by atoms with Crippen molar-refractivity contribution < 1.29 is 4.79 Å². The van der Waals surface area contributed by atoms with Crippen LogP contribution in [0.5, 0.6) is 0 Å². The van der Waals surface area contributed by atoms with Crippen LogP contribution in [0.4, 0.5) is 4.79 Å². The Hall–Kier alpha value is -3.08. The lowest BCUT2D eigenvalue weighted by atomic mass is 9.96. The Bertz CT molecular complexity index is 1060.